The Labute approximate surface area is 158 Å². The van der Waals surface area contributed by atoms with Crippen LogP contribution in [-0.4, -0.2) is 22.2 Å². The molecule has 2 heterocycles. The summed E-state index contributed by atoms with van der Waals surface area (Å²) in [6, 6.07) is 7.36. The molecule has 2 aromatic rings. The monoisotopic (exact) mass is 419 g/mol. The van der Waals surface area contributed by atoms with Crippen molar-refractivity contribution in [1.82, 2.24) is 9.13 Å². The van der Waals surface area contributed by atoms with Gasteiger partial charge in [0.1, 0.15) is 5.82 Å². The van der Waals surface area contributed by atoms with Gasteiger partial charge in [-0.3, -0.25) is 13.9 Å². The number of carbonyl (C=O) groups is 1. The van der Waals surface area contributed by atoms with Gasteiger partial charge in [-0.25, -0.2) is 9.59 Å². The number of halogens is 1. The van der Waals surface area contributed by atoms with Gasteiger partial charge in [0.25, 0.3) is 5.56 Å². The Morgan fingerprint density at radius 1 is 1.15 bits per heavy atom. The van der Waals surface area contributed by atoms with Gasteiger partial charge >= 0.3 is 11.7 Å². The van der Waals surface area contributed by atoms with Crippen LogP contribution in [-0.2, 0) is 23.6 Å². The number of fused-ring (bicyclic) bond motifs is 1. The van der Waals surface area contributed by atoms with E-state index in [4.69, 9.17) is 4.74 Å². The van der Waals surface area contributed by atoms with Crippen molar-refractivity contribution in [3.8, 4) is 0 Å². The molecule has 1 N–H and O–H groups in total. The fraction of sp³-hybridized carbons (Fsp3) is 0.278. The van der Waals surface area contributed by atoms with Gasteiger partial charge in [-0.2, -0.15) is 0 Å². The Bertz CT molecular complexity index is 1050. The molecular weight excluding hydrogens is 402 g/mol. The van der Waals surface area contributed by atoms with Crippen molar-refractivity contribution in [2.45, 2.75) is 12.8 Å². The van der Waals surface area contributed by atoms with Crippen LogP contribution in [0.5, 0.6) is 0 Å². The molecule has 0 saturated heterocycles. The van der Waals surface area contributed by atoms with Crippen LogP contribution in [0.2, 0.25) is 0 Å². The summed E-state index contributed by atoms with van der Waals surface area (Å²) in [5.41, 5.74) is 1.09. The summed E-state index contributed by atoms with van der Waals surface area (Å²) in [7, 11) is 4.31. The van der Waals surface area contributed by atoms with Crippen LogP contribution < -0.4 is 16.6 Å². The Hall–Kier alpha value is -2.61. The summed E-state index contributed by atoms with van der Waals surface area (Å²) in [5.74, 6) is -0.780. The SMILES string of the molecule is COC(=O)C1=C(C)Nc2c(c(=O)n(C)c(=O)n2C)[C@@H]1c1ccc(Br)cc1. The average Bonchev–Trinajstić information content (AvgIpc) is 2.63. The summed E-state index contributed by atoms with van der Waals surface area (Å²) in [6.07, 6.45) is 0. The molecule has 0 unspecified atom stereocenters. The van der Waals surface area contributed by atoms with Crippen LogP contribution in [0.15, 0.2) is 49.6 Å². The number of rotatable bonds is 2. The molecule has 0 amide bonds. The lowest BCUT2D eigenvalue weighted by Gasteiger charge is -2.30. The van der Waals surface area contributed by atoms with Crippen molar-refractivity contribution >= 4 is 27.7 Å². The molecule has 0 bridgehead atoms. The third-order valence-corrected chi connectivity index (χ3v) is 5.12. The van der Waals surface area contributed by atoms with E-state index in [9.17, 15) is 14.4 Å². The van der Waals surface area contributed by atoms with Gasteiger partial charge in [0, 0.05) is 24.3 Å². The van der Waals surface area contributed by atoms with E-state index in [1.807, 2.05) is 24.3 Å². The lowest BCUT2D eigenvalue weighted by atomic mass is 9.82. The van der Waals surface area contributed by atoms with Crippen molar-refractivity contribution in [1.29, 1.82) is 0 Å². The predicted molar refractivity (Wildman–Crippen MR) is 101 cm³/mol. The van der Waals surface area contributed by atoms with E-state index in [2.05, 4.69) is 21.2 Å². The molecule has 0 radical (unpaired) electrons. The third-order valence-electron chi connectivity index (χ3n) is 4.60. The fourth-order valence-electron chi connectivity index (χ4n) is 3.26. The minimum Gasteiger partial charge on any atom is -0.466 e. The van der Waals surface area contributed by atoms with E-state index in [0.717, 1.165) is 14.6 Å². The molecule has 1 aliphatic heterocycles. The number of hydrogen-bond acceptors (Lipinski definition) is 5. The second-order valence-electron chi connectivity index (χ2n) is 6.11. The Morgan fingerprint density at radius 2 is 1.77 bits per heavy atom. The van der Waals surface area contributed by atoms with Crippen molar-refractivity contribution in [2.24, 2.45) is 14.1 Å². The Balaban J connectivity index is 2.41. The molecule has 0 spiro atoms. The van der Waals surface area contributed by atoms with E-state index < -0.39 is 23.1 Å². The summed E-state index contributed by atoms with van der Waals surface area (Å²) in [5, 5.41) is 3.03. The highest BCUT2D eigenvalue weighted by atomic mass is 79.9. The molecule has 1 aromatic carbocycles. The zero-order valence-corrected chi connectivity index (χ0v) is 16.4. The number of nitrogens with one attached hydrogen (secondary N) is 1. The fourth-order valence-corrected chi connectivity index (χ4v) is 3.52. The summed E-state index contributed by atoms with van der Waals surface area (Å²) in [6.45, 7) is 1.73. The van der Waals surface area contributed by atoms with E-state index in [0.29, 0.717) is 22.7 Å². The lowest BCUT2D eigenvalue weighted by Crippen LogP contribution is -2.43. The van der Waals surface area contributed by atoms with Gasteiger partial charge in [0.15, 0.2) is 0 Å². The summed E-state index contributed by atoms with van der Waals surface area (Å²) in [4.78, 5) is 37.7. The first-order chi connectivity index (χ1) is 12.3. The minimum atomic E-state index is -0.641. The van der Waals surface area contributed by atoms with Crippen LogP contribution in [0.4, 0.5) is 5.82 Å². The maximum absolute atomic E-state index is 12.9. The molecule has 1 aliphatic rings. The zero-order valence-electron chi connectivity index (χ0n) is 14.8. The smallest absolute Gasteiger partial charge is 0.336 e. The number of esters is 1. The molecule has 8 heteroatoms. The average molecular weight is 420 g/mol. The third kappa shape index (κ3) is 2.70. The first-order valence-corrected chi connectivity index (χ1v) is 8.68. The first-order valence-electron chi connectivity index (χ1n) is 7.89. The number of methoxy groups -OCH3 is 1. The molecule has 1 aromatic heterocycles. The number of nitrogens with zero attached hydrogens (tertiary/aromatic N) is 2. The van der Waals surface area contributed by atoms with Gasteiger partial charge < -0.3 is 10.1 Å². The van der Waals surface area contributed by atoms with Crippen molar-refractivity contribution in [3.63, 3.8) is 0 Å². The van der Waals surface area contributed by atoms with Crippen molar-refractivity contribution in [2.75, 3.05) is 12.4 Å². The van der Waals surface area contributed by atoms with Crippen molar-refractivity contribution in [3.05, 3.63) is 72.0 Å². The molecule has 3 rings (SSSR count). The van der Waals surface area contributed by atoms with Gasteiger partial charge in [0.2, 0.25) is 0 Å². The van der Waals surface area contributed by atoms with Crippen LogP contribution in [0, 0.1) is 0 Å². The molecule has 1 atom stereocenters. The molecule has 26 heavy (non-hydrogen) atoms. The molecule has 136 valence electrons. The van der Waals surface area contributed by atoms with Crippen LogP contribution in [0.1, 0.15) is 24.0 Å². The number of carbonyl (C=O) groups excluding carboxylic acids is 1. The second kappa shape index (κ2) is 6.60. The number of anilines is 1. The van der Waals surface area contributed by atoms with Crippen molar-refractivity contribution < 1.29 is 9.53 Å². The molecular formula is C18H18BrN3O4. The lowest BCUT2D eigenvalue weighted by molar-refractivity contribution is -0.136. The maximum Gasteiger partial charge on any atom is 0.336 e. The van der Waals surface area contributed by atoms with E-state index in [-0.39, 0.29) is 0 Å². The maximum atomic E-state index is 12.9. The molecule has 0 fully saturated rings. The van der Waals surface area contributed by atoms with Gasteiger partial charge in [-0.05, 0) is 24.6 Å². The van der Waals surface area contributed by atoms with Gasteiger partial charge in [-0.1, -0.05) is 28.1 Å². The van der Waals surface area contributed by atoms with Gasteiger partial charge in [-0.15, -0.1) is 0 Å². The number of allylic oxidation sites excluding steroid dienone is 1. The highest BCUT2D eigenvalue weighted by Gasteiger charge is 2.37. The van der Waals surface area contributed by atoms with Crippen LogP contribution in [0.25, 0.3) is 0 Å². The van der Waals surface area contributed by atoms with Gasteiger partial charge in [0.05, 0.1) is 24.2 Å². The Morgan fingerprint density at radius 3 is 2.35 bits per heavy atom. The van der Waals surface area contributed by atoms with E-state index >= 15 is 0 Å². The molecule has 7 nitrogen and oxygen atoms in total. The second-order valence-corrected chi connectivity index (χ2v) is 7.02. The summed E-state index contributed by atoms with van der Waals surface area (Å²) < 4.78 is 8.25. The quantitative estimate of drug-likeness (QED) is 0.751. The zero-order chi connectivity index (χ0) is 19.2. The number of benzene rings is 1. The number of hydrogen-bond donors (Lipinski definition) is 1. The highest BCUT2D eigenvalue weighted by Crippen LogP contribution is 2.40. The molecule has 0 saturated carbocycles. The number of ether oxygens (including phenoxy) is 1. The first kappa shape index (κ1) is 18.2. The minimum absolute atomic E-state index is 0.336. The highest BCUT2D eigenvalue weighted by molar-refractivity contribution is 9.10. The largest absolute Gasteiger partial charge is 0.466 e. The van der Waals surface area contributed by atoms with E-state index in [1.165, 1.54) is 18.7 Å². The normalized spacial score (nSPS) is 16.1. The standard InChI is InChI=1S/C18H18BrN3O4/c1-9-12(17(24)26-4)13(10-5-7-11(19)8-6-10)14-15(20-9)21(2)18(25)22(3)16(14)23/h5-8,13,20H,1-4H3/t13-/m1/s1. The topological polar surface area (TPSA) is 82.3 Å². The van der Waals surface area contributed by atoms with Crippen LogP contribution in [0.3, 0.4) is 0 Å². The summed E-state index contributed by atoms with van der Waals surface area (Å²) >= 11 is 3.39. The molecule has 0 aliphatic carbocycles. The number of aromatic nitrogens is 2. The Kier molecular flexibility index (Phi) is 4.62. The van der Waals surface area contributed by atoms with E-state index in [1.54, 1.807) is 14.0 Å². The predicted octanol–water partition coefficient (Wildman–Crippen LogP) is 1.85. The van der Waals surface area contributed by atoms with Crippen LogP contribution >= 0.6 is 15.9 Å².